The zero-order chi connectivity index (χ0) is 11.5. The Bertz CT molecular complexity index is 186. The Balaban J connectivity index is 1.73. The molecule has 0 aromatic rings. The van der Waals surface area contributed by atoms with Gasteiger partial charge in [-0.2, -0.15) is 5.26 Å². The molecule has 1 aliphatic rings. The molecule has 0 unspecified atom stereocenters. The van der Waals surface area contributed by atoms with Crippen LogP contribution in [0.3, 0.4) is 0 Å². The van der Waals surface area contributed by atoms with Crippen LogP contribution in [0.5, 0.6) is 0 Å². The largest absolute Gasteiger partial charge is 0.198 e. The summed E-state index contributed by atoms with van der Waals surface area (Å²) in [7, 11) is 0. The molecule has 0 aliphatic heterocycles. The van der Waals surface area contributed by atoms with E-state index in [1.165, 1.54) is 64.2 Å². The van der Waals surface area contributed by atoms with E-state index in [9.17, 15) is 0 Å². The second-order valence-corrected chi connectivity index (χ2v) is 5.10. The summed E-state index contributed by atoms with van der Waals surface area (Å²) in [6.45, 7) is 0. The third-order valence-corrected chi connectivity index (χ3v) is 3.64. The molecule has 0 bridgehead atoms. The maximum absolute atomic E-state index is 8.39. The Morgan fingerprint density at radius 1 is 0.938 bits per heavy atom. The highest BCUT2D eigenvalue weighted by atomic mass is 14.2. The highest BCUT2D eigenvalue weighted by molar-refractivity contribution is 4.80. The number of unbranched alkanes of at least 4 members (excludes halogenated alkanes) is 7. The lowest BCUT2D eigenvalue weighted by atomic mass is 9.99. The molecule has 1 fully saturated rings. The second kappa shape index (κ2) is 9.70. The van der Waals surface area contributed by atoms with Crippen LogP contribution in [0.4, 0.5) is 0 Å². The number of hydrogen-bond donors (Lipinski definition) is 0. The topological polar surface area (TPSA) is 23.8 Å². The van der Waals surface area contributed by atoms with Crippen LogP contribution in [-0.2, 0) is 0 Å². The van der Waals surface area contributed by atoms with Gasteiger partial charge >= 0.3 is 0 Å². The molecule has 1 radical (unpaired) electrons. The van der Waals surface area contributed by atoms with Crippen molar-refractivity contribution in [1.82, 2.24) is 0 Å². The van der Waals surface area contributed by atoms with Crippen LogP contribution in [0, 0.1) is 23.7 Å². The molecule has 1 heteroatoms. The summed E-state index contributed by atoms with van der Waals surface area (Å²) in [6.07, 6.45) is 18.3. The van der Waals surface area contributed by atoms with Crippen molar-refractivity contribution >= 4 is 0 Å². The minimum Gasteiger partial charge on any atom is -0.198 e. The fraction of sp³-hybridized carbons (Fsp3) is 0.867. The van der Waals surface area contributed by atoms with Crippen molar-refractivity contribution in [3.05, 3.63) is 6.42 Å². The fourth-order valence-corrected chi connectivity index (χ4v) is 2.60. The summed E-state index contributed by atoms with van der Waals surface area (Å²) >= 11 is 0. The van der Waals surface area contributed by atoms with Crippen molar-refractivity contribution in [2.45, 2.75) is 77.0 Å². The summed E-state index contributed by atoms with van der Waals surface area (Å²) in [4.78, 5) is 0. The number of hydrogen-bond acceptors (Lipinski definition) is 1. The van der Waals surface area contributed by atoms with E-state index < -0.39 is 0 Å². The Hall–Kier alpha value is -0.510. The lowest BCUT2D eigenvalue weighted by Crippen LogP contribution is -1.93. The molecule has 0 atom stereocenters. The summed E-state index contributed by atoms with van der Waals surface area (Å²) in [5, 5.41) is 8.39. The van der Waals surface area contributed by atoms with Crippen molar-refractivity contribution in [2.75, 3.05) is 0 Å². The van der Waals surface area contributed by atoms with Crippen LogP contribution in [0.15, 0.2) is 0 Å². The smallest absolute Gasteiger partial charge is 0.0621 e. The minimum atomic E-state index is 0.745. The van der Waals surface area contributed by atoms with Crippen molar-refractivity contribution in [2.24, 2.45) is 5.92 Å². The van der Waals surface area contributed by atoms with Crippen LogP contribution in [0.1, 0.15) is 77.0 Å². The van der Waals surface area contributed by atoms with E-state index >= 15 is 0 Å². The van der Waals surface area contributed by atoms with E-state index in [2.05, 4.69) is 12.5 Å². The van der Waals surface area contributed by atoms with Crippen molar-refractivity contribution in [3.8, 4) is 6.07 Å². The molecule has 1 saturated carbocycles. The molecule has 0 aromatic carbocycles. The second-order valence-electron chi connectivity index (χ2n) is 5.10. The van der Waals surface area contributed by atoms with E-state index in [-0.39, 0.29) is 0 Å². The minimum absolute atomic E-state index is 0.745. The Morgan fingerprint density at radius 3 is 2.25 bits per heavy atom. The molecule has 16 heavy (non-hydrogen) atoms. The van der Waals surface area contributed by atoms with Crippen LogP contribution in [-0.4, -0.2) is 0 Å². The Labute approximate surface area is 101 Å². The third-order valence-electron chi connectivity index (χ3n) is 3.64. The van der Waals surface area contributed by atoms with E-state index in [4.69, 9.17) is 5.26 Å². The summed E-state index contributed by atoms with van der Waals surface area (Å²) in [5.74, 6) is 0.954. The third kappa shape index (κ3) is 6.88. The van der Waals surface area contributed by atoms with E-state index in [0.29, 0.717) is 0 Å². The monoisotopic (exact) mass is 220 g/mol. The molecule has 0 amide bonds. The molecule has 1 aliphatic carbocycles. The normalized spacial score (nSPS) is 16.4. The van der Waals surface area contributed by atoms with Gasteiger partial charge in [-0.1, -0.05) is 57.8 Å². The SMILES string of the molecule is N#CCCCCCCCC[CH]C1CCCC1. The van der Waals surface area contributed by atoms with Crippen LogP contribution < -0.4 is 0 Å². The summed E-state index contributed by atoms with van der Waals surface area (Å²) in [6, 6.07) is 2.21. The van der Waals surface area contributed by atoms with E-state index in [1.54, 1.807) is 0 Å². The first-order valence-electron chi connectivity index (χ1n) is 7.14. The first-order valence-corrected chi connectivity index (χ1v) is 7.14. The average molecular weight is 220 g/mol. The molecular formula is C15H26N. The maximum atomic E-state index is 8.39. The van der Waals surface area contributed by atoms with Gasteiger partial charge in [0, 0.05) is 6.42 Å². The molecule has 1 rings (SSSR count). The van der Waals surface area contributed by atoms with Gasteiger partial charge in [-0.3, -0.25) is 0 Å². The van der Waals surface area contributed by atoms with Crippen LogP contribution in [0.2, 0.25) is 0 Å². The number of rotatable bonds is 9. The molecule has 1 nitrogen and oxygen atoms in total. The average Bonchev–Trinajstić information content (AvgIpc) is 2.80. The summed E-state index contributed by atoms with van der Waals surface area (Å²) < 4.78 is 0. The van der Waals surface area contributed by atoms with Crippen LogP contribution in [0.25, 0.3) is 0 Å². The highest BCUT2D eigenvalue weighted by Gasteiger charge is 2.13. The van der Waals surface area contributed by atoms with Crippen molar-refractivity contribution in [3.63, 3.8) is 0 Å². The lowest BCUT2D eigenvalue weighted by Gasteiger charge is -2.07. The fourth-order valence-electron chi connectivity index (χ4n) is 2.60. The predicted molar refractivity (Wildman–Crippen MR) is 68.8 cm³/mol. The predicted octanol–water partition coefficient (Wildman–Crippen LogP) is 5.03. The molecule has 91 valence electrons. The quantitative estimate of drug-likeness (QED) is 0.500. The lowest BCUT2D eigenvalue weighted by molar-refractivity contribution is 0.555. The van der Waals surface area contributed by atoms with Gasteiger partial charge in [0.15, 0.2) is 0 Å². The van der Waals surface area contributed by atoms with Gasteiger partial charge in [0.25, 0.3) is 0 Å². The van der Waals surface area contributed by atoms with Gasteiger partial charge < -0.3 is 0 Å². The molecule has 0 heterocycles. The van der Waals surface area contributed by atoms with Gasteiger partial charge in [0.2, 0.25) is 0 Å². The molecule has 0 N–H and O–H groups in total. The van der Waals surface area contributed by atoms with Gasteiger partial charge in [-0.25, -0.2) is 0 Å². The van der Waals surface area contributed by atoms with Gasteiger partial charge in [0.1, 0.15) is 0 Å². The highest BCUT2D eigenvalue weighted by Crippen LogP contribution is 2.28. The van der Waals surface area contributed by atoms with Gasteiger partial charge in [0.05, 0.1) is 6.07 Å². The summed E-state index contributed by atoms with van der Waals surface area (Å²) in [5.41, 5.74) is 0. The van der Waals surface area contributed by atoms with Gasteiger partial charge in [-0.15, -0.1) is 0 Å². The zero-order valence-electron chi connectivity index (χ0n) is 10.6. The van der Waals surface area contributed by atoms with Gasteiger partial charge in [-0.05, 0) is 25.2 Å². The van der Waals surface area contributed by atoms with Crippen LogP contribution >= 0.6 is 0 Å². The first kappa shape index (κ1) is 13.6. The first-order chi connectivity index (χ1) is 7.93. The number of nitriles is 1. The standard InChI is InChI=1S/C15H26N/c16-14-10-6-4-2-1-3-5-7-11-15-12-8-9-13-15/h11,15H,1-10,12-13H2. The number of nitrogens with zero attached hydrogens (tertiary/aromatic N) is 1. The van der Waals surface area contributed by atoms with Crippen molar-refractivity contribution in [1.29, 1.82) is 5.26 Å². The Kier molecular flexibility index (Phi) is 8.22. The zero-order valence-corrected chi connectivity index (χ0v) is 10.6. The molecule has 0 spiro atoms. The Morgan fingerprint density at radius 2 is 1.56 bits per heavy atom. The van der Waals surface area contributed by atoms with E-state index in [0.717, 1.165) is 18.8 Å². The van der Waals surface area contributed by atoms with E-state index in [1.807, 2.05) is 0 Å². The maximum Gasteiger partial charge on any atom is 0.0621 e. The van der Waals surface area contributed by atoms with Crippen molar-refractivity contribution < 1.29 is 0 Å². The molecule has 0 saturated heterocycles. The molecular weight excluding hydrogens is 194 g/mol. The molecule has 0 aromatic heterocycles.